The molecule has 0 aliphatic heterocycles. The van der Waals surface area contributed by atoms with Gasteiger partial charge in [-0.3, -0.25) is 0 Å². The van der Waals surface area contributed by atoms with Gasteiger partial charge in [-0.05, 0) is 24.2 Å². The summed E-state index contributed by atoms with van der Waals surface area (Å²) in [6.07, 6.45) is 3.05. The fourth-order valence-electron chi connectivity index (χ4n) is 1.48. The van der Waals surface area contributed by atoms with Gasteiger partial charge in [-0.2, -0.15) is 0 Å². The Morgan fingerprint density at radius 1 is 1.25 bits per heavy atom. The van der Waals surface area contributed by atoms with E-state index in [0.717, 1.165) is 11.3 Å². The molecule has 4 nitrogen and oxygen atoms in total. The van der Waals surface area contributed by atoms with Crippen LogP contribution in [0.25, 0.3) is 0 Å². The van der Waals surface area contributed by atoms with Crippen molar-refractivity contribution in [3.05, 3.63) is 47.7 Å². The minimum Gasteiger partial charge on any atom is -0.508 e. The Morgan fingerprint density at radius 2 is 2.00 bits per heavy atom. The van der Waals surface area contributed by atoms with Crippen molar-refractivity contribution in [2.45, 2.75) is 12.8 Å². The molecule has 0 amide bonds. The third kappa shape index (κ3) is 2.61. The summed E-state index contributed by atoms with van der Waals surface area (Å²) in [5.74, 6) is 1.75. The van der Waals surface area contributed by atoms with E-state index in [0.29, 0.717) is 25.3 Å². The van der Waals surface area contributed by atoms with Crippen molar-refractivity contribution in [1.82, 2.24) is 4.98 Å². The Labute approximate surface area is 93.7 Å². The molecule has 0 aliphatic carbocycles. The van der Waals surface area contributed by atoms with Crippen molar-refractivity contribution in [2.75, 3.05) is 6.54 Å². The second kappa shape index (κ2) is 4.81. The first kappa shape index (κ1) is 10.7. The van der Waals surface area contributed by atoms with Crippen LogP contribution in [0.2, 0.25) is 0 Å². The maximum atomic E-state index is 9.14. The highest BCUT2D eigenvalue weighted by molar-refractivity contribution is 5.27. The number of aromatic nitrogens is 1. The molecule has 0 saturated carbocycles. The van der Waals surface area contributed by atoms with Crippen LogP contribution >= 0.6 is 0 Å². The van der Waals surface area contributed by atoms with E-state index in [1.165, 1.54) is 0 Å². The average molecular weight is 218 g/mol. The molecular formula is C12H14N2O2. The number of oxazole rings is 1. The topological polar surface area (TPSA) is 72.3 Å². The smallest absolute Gasteiger partial charge is 0.198 e. The molecule has 1 heterocycles. The molecule has 0 atom stereocenters. The fraction of sp³-hybridized carbons (Fsp3) is 0.250. The van der Waals surface area contributed by atoms with Crippen molar-refractivity contribution in [3.63, 3.8) is 0 Å². The number of hydrogen-bond acceptors (Lipinski definition) is 4. The monoisotopic (exact) mass is 218 g/mol. The van der Waals surface area contributed by atoms with Crippen molar-refractivity contribution in [1.29, 1.82) is 0 Å². The van der Waals surface area contributed by atoms with Crippen LogP contribution in [0.5, 0.6) is 5.75 Å². The van der Waals surface area contributed by atoms with Gasteiger partial charge in [-0.15, -0.1) is 0 Å². The number of aromatic hydroxyl groups is 1. The van der Waals surface area contributed by atoms with Gasteiger partial charge in [0, 0.05) is 12.8 Å². The zero-order chi connectivity index (χ0) is 11.4. The van der Waals surface area contributed by atoms with Crippen LogP contribution in [0.15, 0.2) is 34.9 Å². The molecule has 0 radical (unpaired) electrons. The van der Waals surface area contributed by atoms with E-state index in [2.05, 4.69) is 4.98 Å². The van der Waals surface area contributed by atoms with Gasteiger partial charge >= 0.3 is 0 Å². The zero-order valence-corrected chi connectivity index (χ0v) is 8.89. The lowest BCUT2D eigenvalue weighted by Crippen LogP contribution is -2.01. The first-order valence-corrected chi connectivity index (χ1v) is 5.19. The SMILES string of the molecule is NCCc1cnc(Cc2ccc(O)cc2)o1. The van der Waals surface area contributed by atoms with Gasteiger partial charge in [0.2, 0.25) is 0 Å². The van der Waals surface area contributed by atoms with Gasteiger partial charge in [0.05, 0.1) is 6.20 Å². The lowest BCUT2D eigenvalue weighted by molar-refractivity contribution is 0.463. The predicted octanol–water partition coefficient (Wildman–Crippen LogP) is 1.47. The Bertz CT molecular complexity index is 448. The highest BCUT2D eigenvalue weighted by atomic mass is 16.4. The quantitative estimate of drug-likeness (QED) is 0.815. The molecule has 16 heavy (non-hydrogen) atoms. The van der Waals surface area contributed by atoms with Crippen LogP contribution in [0, 0.1) is 0 Å². The second-order valence-electron chi connectivity index (χ2n) is 3.60. The Kier molecular flexibility index (Phi) is 3.22. The van der Waals surface area contributed by atoms with E-state index in [-0.39, 0.29) is 5.75 Å². The van der Waals surface area contributed by atoms with Crippen LogP contribution in [0.3, 0.4) is 0 Å². The highest BCUT2D eigenvalue weighted by Crippen LogP contribution is 2.14. The van der Waals surface area contributed by atoms with Crippen LogP contribution in [-0.2, 0) is 12.8 Å². The van der Waals surface area contributed by atoms with E-state index < -0.39 is 0 Å². The van der Waals surface area contributed by atoms with E-state index in [9.17, 15) is 0 Å². The zero-order valence-electron chi connectivity index (χ0n) is 8.89. The maximum absolute atomic E-state index is 9.14. The summed E-state index contributed by atoms with van der Waals surface area (Å²) in [7, 11) is 0. The van der Waals surface area contributed by atoms with Crippen molar-refractivity contribution in [2.24, 2.45) is 5.73 Å². The fourth-order valence-corrected chi connectivity index (χ4v) is 1.48. The molecule has 0 saturated heterocycles. The number of hydrogen-bond donors (Lipinski definition) is 2. The minimum absolute atomic E-state index is 0.264. The normalized spacial score (nSPS) is 10.6. The molecule has 2 aromatic rings. The van der Waals surface area contributed by atoms with Gasteiger partial charge in [-0.1, -0.05) is 12.1 Å². The van der Waals surface area contributed by atoms with Crippen molar-refractivity contribution in [3.8, 4) is 5.75 Å². The summed E-state index contributed by atoms with van der Waals surface area (Å²) in [4.78, 5) is 4.17. The van der Waals surface area contributed by atoms with Crippen LogP contribution in [0.1, 0.15) is 17.2 Å². The number of nitrogens with two attached hydrogens (primary N) is 1. The molecule has 3 N–H and O–H groups in total. The number of rotatable bonds is 4. The molecule has 2 rings (SSSR count). The van der Waals surface area contributed by atoms with Gasteiger partial charge in [-0.25, -0.2) is 4.98 Å². The molecule has 84 valence electrons. The van der Waals surface area contributed by atoms with Crippen molar-refractivity contribution >= 4 is 0 Å². The molecule has 0 bridgehead atoms. The maximum Gasteiger partial charge on any atom is 0.198 e. The van der Waals surface area contributed by atoms with Crippen LogP contribution in [0.4, 0.5) is 0 Å². The number of benzene rings is 1. The molecule has 0 aliphatic rings. The van der Waals surface area contributed by atoms with Gasteiger partial charge < -0.3 is 15.3 Å². The van der Waals surface area contributed by atoms with Gasteiger partial charge in [0.25, 0.3) is 0 Å². The molecule has 0 fully saturated rings. The van der Waals surface area contributed by atoms with E-state index in [4.69, 9.17) is 15.3 Å². The largest absolute Gasteiger partial charge is 0.508 e. The summed E-state index contributed by atoms with van der Waals surface area (Å²) >= 11 is 0. The van der Waals surface area contributed by atoms with Crippen LogP contribution in [-0.4, -0.2) is 16.6 Å². The molecule has 0 spiro atoms. The molecule has 4 heteroatoms. The number of phenols is 1. The lowest BCUT2D eigenvalue weighted by atomic mass is 10.1. The third-order valence-corrected chi connectivity index (χ3v) is 2.28. The van der Waals surface area contributed by atoms with Gasteiger partial charge in [0.1, 0.15) is 11.5 Å². The standard InChI is InChI=1S/C12H14N2O2/c13-6-5-11-8-14-12(16-11)7-9-1-3-10(15)4-2-9/h1-4,8,15H,5-7,13H2. The number of phenolic OH excluding ortho intramolecular Hbond substituents is 1. The average Bonchev–Trinajstić information content (AvgIpc) is 2.70. The lowest BCUT2D eigenvalue weighted by Gasteiger charge is -1.97. The summed E-state index contributed by atoms with van der Waals surface area (Å²) in [6.45, 7) is 0.563. The predicted molar refractivity (Wildman–Crippen MR) is 60.2 cm³/mol. The summed E-state index contributed by atoms with van der Waals surface area (Å²) in [6, 6.07) is 7.00. The second-order valence-corrected chi connectivity index (χ2v) is 3.60. The molecule has 0 unspecified atom stereocenters. The van der Waals surface area contributed by atoms with E-state index in [1.54, 1.807) is 18.3 Å². The van der Waals surface area contributed by atoms with E-state index in [1.807, 2.05) is 12.1 Å². The summed E-state index contributed by atoms with van der Waals surface area (Å²) in [5, 5.41) is 9.14. The first-order chi connectivity index (χ1) is 7.78. The van der Waals surface area contributed by atoms with Gasteiger partial charge in [0.15, 0.2) is 5.89 Å². The first-order valence-electron chi connectivity index (χ1n) is 5.19. The van der Waals surface area contributed by atoms with E-state index >= 15 is 0 Å². The Hall–Kier alpha value is -1.81. The molecule has 1 aromatic carbocycles. The van der Waals surface area contributed by atoms with Crippen LogP contribution < -0.4 is 5.73 Å². The number of nitrogens with zero attached hydrogens (tertiary/aromatic N) is 1. The summed E-state index contributed by atoms with van der Waals surface area (Å²) < 4.78 is 5.50. The molecular weight excluding hydrogens is 204 g/mol. The Balaban J connectivity index is 2.05. The third-order valence-electron chi connectivity index (χ3n) is 2.28. The highest BCUT2D eigenvalue weighted by Gasteiger charge is 2.04. The molecule has 1 aromatic heterocycles. The van der Waals surface area contributed by atoms with Crippen molar-refractivity contribution < 1.29 is 9.52 Å². The minimum atomic E-state index is 0.264. The summed E-state index contributed by atoms with van der Waals surface area (Å²) in [5.41, 5.74) is 6.48. The Morgan fingerprint density at radius 3 is 2.69 bits per heavy atom.